The lowest BCUT2D eigenvalue weighted by molar-refractivity contribution is -0.275. The third-order valence-electron chi connectivity index (χ3n) is 2.68. The second-order valence-electron chi connectivity index (χ2n) is 4.56. The Bertz CT molecular complexity index is 475. The molecule has 124 valence electrons. The van der Waals surface area contributed by atoms with Gasteiger partial charge < -0.3 is 20.9 Å². The quantitative estimate of drug-likeness (QED) is 0.416. The molecule has 1 aromatic rings. The Hall–Kier alpha value is -2.12. The molecule has 22 heavy (non-hydrogen) atoms. The lowest BCUT2D eigenvalue weighted by Gasteiger charge is -2.13. The summed E-state index contributed by atoms with van der Waals surface area (Å²) in [6.07, 6.45) is -1.36. The van der Waals surface area contributed by atoms with Crippen molar-refractivity contribution in [3.05, 3.63) is 24.3 Å². The Morgan fingerprint density at radius 2 is 1.64 bits per heavy atom. The van der Waals surface area contributed by atoms with Crippen LogP contribution in [0.2, 0.25) is 0 Å². The molecule has 0 heterocycles. The van der Waals surface area contributed by atoms with Crippen LogP contribution in [0.1, 0.15) is 25.7 Å². The molecule has 0 saturated heterocycles. The smallest absolute Gasteiger partial charge is 0.490 e. The highest BCUT2D eigenvalue weighted by atomic mass is 19.4. The number of hydrogen-bond donors (Lipinski definition) is 2. The zero-order valence-electron chi connectivity index (χ0n) is 12.1. The summed E-state index contributed by atoms with van der Waals surface area (Å²) in [5, 5.41) is 0. The van der Waals surface area contributed by atoms with Gasteiger partial charge in [-0.05, 0) is 31.4 Å². The average Bonchev–Trinajstić information content (AvgIpc) is 2.41. The van der Waals surface area contributed by atoms with E-state index in [1.54, 1.807) is 6.07 Å². The summed E-state index contributed by atoms with van der Waals surface area (Å²) in [5.74, 6) is -0.173. The van der Waals surface area contributed by atoms with Gasteiger partial charge in [0.05, 0.1) is 6.61 Å². The highest BCUT2D eigenvalue weighted by molar-refractivity contribution is 5.75. The lowest BCUT2D eigenvalue weighted by atomic mass is 10.2. The van der Waals surface area contributed by atoms with Crippen LogP contribution < -0.4 is 20.9 Å². The fraction of sp³-hybridized carbons (Fsp3) is 0.500. The van der Waals surface area contributed by atoms with Crippen LogP contribution in [0.4, 0.5) is 13.2 Å². The van der Waals surface area contributed by atoms with Crippen molar-refractivity contribution in [3.8, 4) is 11.5 Å². The summed E-state index contributed by atoms with van der Waals surface area (Å²) < 4.78 is 45.9. The number of nitrogens with two attached hydrogens (primary N) is 2. The molecule has 5 nitrogen and oxygen atoms in total. The van der Waals surface area contributed by atoms with Gasteiger partial charge in [0.2, 0.25) is 0 Å². The van der Waals surface area contributed by atoms with E-state index >= 15 is 0 Å². The van der Waals surface area contributed by atoms with Gasteiger partial charge in [-0.25, -0.2) is 0 Å². The minimum atomic E-state index is -4.73. The minimum absolute atomic E-state index is 0.0737. The van der Waals surface area contributed by atoms with Crippen molar-refractivity contribution in [2.45, 2.75) is 32.0 Å². The summed E-state index contributed by atoms with van der Waals surface area (Å²) >= 11 is 0. The Labute approximate surface area is 127 Å². The van der Waals surface area contributed by atoms with E-state index in [0.717, 1.165) is 25.7 Å². The predicted octanol–water partition coefficient (Wildman–Crippen LogP) is 2.80. The van der Waals surface area contributed by atoms with Crippen LogP contribution in [-0.4, -0.2) is 25.5 Å². The number of hydrogen-bond acceptors (Lipinski definition) is 3. The number of nitrogens with zero attached hydrogens (tertiary/aromatic N) is 1. The van der Waals surface area contributed by atoms with Crippen molar-refractivity contribution in [2.24, 2.45) is 16.5 Å². The van der Waals surface area contributed by atoms with Crippen LogP contribution in [0, 0.1) is 0 Å². The van der Waals surface area contributed by atoms with Crippen LogP contribution in [0.3, 0.4) is 0 Å². The average molecular weight is 319 g/mol. The first-order valence-corrected chi connectivity index (χ1v) is 6.91. The molecule has 4 N–H and O–H groups in total. The first-order chi connectivity index (χ1) is 10.4. The van der Waals surface area contributed by atoms with Gasteiger partial charge in [-0.2, -0.15) is 0 Å². The van der Waals surface area contributed by atoms with Crippen LogP contribution in [0.15, 0.2) is 29.3 Å². The van der Waals surface area contributed by atoms with E-state index in [0.29, 0.717) is 13.2 Å². The summed E-state index contributed by atoms with van der Waals surface area (Å²) in [6, 6.07) is 5.71. The molecule has 0 radical (unpaired) electrons. The van der Waals surface area contributed by atoms with Gasteiger partial charge in [0.15, 0.2) is 17.5 Å². The standard InChI is InChI=1S/C14H20F3N3O2/c15-14(16,17)22-12-8-4-3-7-11(12)21-10-6-2-1-5-9-20-13(18)19/h3-4,7-8H,1-2,5-6,9-10H2,(H4,18,19,20). The van der Waals surface area contributed by atoms with Crippen molar-refractivity contribution < 1.29 is 22.6 Å². The number of halogens is 3. The molecular formula is C14H20F3N3O2. The fourth-order valence-electron chi connectivity index (χ4n) is 1.74. The third kappa shape index (κ3) is 8.23. The predicted molar refractivity (Wildman–Crippen MR) is 77.8 cm³/mol. The SMILES string of the molecule is NC(N)=NCCCCCCOc1ccccc1OC(F)(F)F. The Kier molecular flexibility index (Phi) is 7.34. The van der Waals surface area contributed by atoms with Gasteiger partial charge >= 0.3 is 6.36 Å². The molecule has 0 fully saturated rings. The topological polar surface area (TPSA) is 82.9 Å². The Balaban J connectivity index is 2.26. The van der Waals surface area contributed by atoms with E-state index in [4.69, 9.17) is 16.2 Å². The molecule has 0 atom stereocenters. The monoisotopic (exact) mass is 319 g/mol. The highest BCUT2D eigenvalue weighted by Crippen LogP contribution is 2.31. The van der Waals surface area contributed by atoms with E-state index in [-0.39, 0.29) is 17.5 Å². The van der Waals surface area contributed by atoms with Crippen molar-refractivity contribution in [1.29, 1.82) is 0 Å². The highest BCUT2D eigenvalue weighted by Gasteiger charge is 2.32. The van der Waals surface area contributed by atoms with Gasteiger partial charge in [-0.15, -0.1) is 13.2 Å². The van der Waals surface area contributed by atoms with Gasteiger partial charge in [0.25, 0.3) is 0 Å². The molecule has 0 spiro atoms. The number of ether oxygens (including phenoxy) is 2. The largest absolute Gasteiger partial charge is 0.573 e. The zero-order chi connectivity index (χ0) is 16.4. The fourth-order valence-corrected chi connectivity index (χ4v) is 1.74. The number of unbranched alkanes of at least 4 members (excludes halogenated alkanes) is 3. The molecule has 0 saturated carbocycles. The molecule has 0 aliphatic rings. The number of benzene rings is 1. The second kappa shape index (κ2) is 9.01. The van der Waals surface area contributed by atoms with Gasteiger partial charge in [0, 0.05) is 6.54 Å². The molecular weight excluding hydrogens is 299 g/mol. The maximum absolute atomic E-state index is 12.2. The molecule has 1 rings (SSSR count). The Morgan fingerprint density at radius 1 is 1.00 bits per heavy atom. The first kappa shape index (κ1) is 17.9. The Morgan fingerprint density at radius 3 is 2.27 bits per heavy atom. The minimum Gasteiger partial charge on any atom is -0.490 e. The molecule has 8 heteroatoms. The molecule has 1 aromatic carbocycles. The van der Waals surface area contributed by atoms with Gasteiger partial charge in [0.1, 0.15) is 0 Å². The van der Waals surface area contributed by atoms with Crippen molar-refractivity contribution in [1.82, 2.24) is 0 Å². The van der Waals surface area contributed by atoms with Crippen molar-refractivity contribution in [2.75, 3.05) is 13.2 Å². The molecule has 0 bridgehead atoms. The zero-order valence-corrected chi connectivity index (χ0v) is 12.1. The van der Waals surface area contributed by atoms with Crippen LogP contribution in [0.5, 0.6) is 11.5 Å². The number of para-hydroxylation sites is 2. The number of alkyl halides is 3. The van der Waals surface area contributed by atoms with Gasteiger partial charge in [-0.3, -0.25) is 4.99 Å². The van der Waals surface area contributed by atoms with Crippen LogP contribution in [-0.2, 0) is 0 Å². The summed E-state index contributed by atoms with van der Waals surface area (Å²) in [7, 11) is 0. The van der Waals surface area contributed by atoms with E-state index in [9.17, 15) is 13.2 Å². The second-order valence-corrected chi connectivity index (χ2v) is 4.56. The van der Waals surface area contributed by atoms with Crippen LogP contribution >= 0.6 is 0 Å². The molecule has 0 unspecified atom stereocenters. The van der Waals surface area contributed by atoms with E-state index in [1.165, 1.54) is 18.2 Å². The van der Waals surface area contributed by atoms with Gasteiger partial charge in [-0.1, -0.05) is 18.6 Å². The maximum atomic E-state index is 12.2. The van der Waals surface area contributed by atoms with Crippen LogP contribution in [0.25, 0.3) is 0 Å². The molecule has 0 aliphatic carbocycles. The summed E-state index contributed by atoms with van der Waals surface area (Å²) in [6.45, 7) is 0.895. The number of rotatable bonds is 9. The lowest BCUT2D eigenvalue weighted by Crippen LogP contribution is -2.22. The molecule has 0 aliphatic heterocycles. The number of aliphatic imine (C=N–C) groups is 1. The first-order valence-electron chi connectivity index (χ1n) is 6.91. The maximum Gasteiger partial charge on any atom is 0.573 e. The van der Waals surface area contributed by atoms with E-state index in [2.05, 4.69) is 9.73 Å². The summed E-state index contributed by atoms with van der Waals surface area (Å²) in [5.41, 5.74) is 10.4. The normalized spacial score (nSPS) is 11.0. The number of guanidine groups is 1. The van der Waals surface area contributed by atoms with E-state index < -0.39 is 6.36 Å². The molecule has 0 aromatic heterocycles. The van der Waals surface area contributed by atoms with Crippen molar-refractivity contribution >= 4 is 5.96 Å². The van der Waals surface area contributed by atoms with Crippen molar-refractivity contribution in [3.63, 3.8) is 0 Å². The van der Waals surface area contributed by atoms with E-state index in [1.807, 2.05) is 0 Å². The third-order valence-corrected chi connectivity index (χ3v) is 2.68. The molecule has 0 amide bonds. The summed E-state index contributed by atoms with van der Waals surface area (Å²) in [4.78, 5) is 3.85.